The van der Waals surface area contributed by atoms with E-state index in [-0.39, 0.29) is 29.1 Å². The Balaban J connectivity index is 1.68. The first-order valence-electron chi connectivity index (χ1n) is 9.84. The normalized spacial score (nSPS) is 10.3. The smallest absolute Gasteiger partial charge is 0.338 e. The predicted molar refractivity (Wildman–Crippen MR) is 118 cm³/mol. The van der Waals surface area contributed by atoms with Crippen LogP contribution in [0.1, 0.15) is 38.4 Å². The van der Waals surface area contributed by atoms with Crippen molar-refractivity contribution in [1.29, 1.82) is 5.26 Å². The van der Waals surface area contributed by atoms with Gasteiger partial charge in [-0.25, -0.2) is 9.48 Å². The molecule has 3 N–H and O–H groups in total. The molecule has 3 rings (SSSR count). The van der Waals surface area contributed by atoms with Gasteiger partial charge in [0.25, 0.3) is 11.6 Å². The fraction of sp³-hybridized carbons (Fsp3) is 0.182. The molecule has 0 bridgehead atoms. The van der Waals surface area contributed by atoms with E-state index in [0.29, 0.717) is 18.5 Å². The predicted octanol–water partition coefficient (Wildman–Crippen LogP) is 2.38. The number of rotatable bonds is 8. The third-order valence-electron chi connectivity index (χ3n) is 4.79. The molecule has 0 fully saturated rings. The highest BCUT2D eigenvalue weighted by Gasteiger charge is 2.19. The van der Waals surface area contributed by atoms with E-state index < -0.39 is 22.5 Å². The number of nitrogens with one attached hydrogen (secondary N) is 1. The van der Waals surface area contributed by atoms with Crippen LogP contribution in [0.4, 0.5) is 11.5 Å². The Morgan fingerprint density at radius 3 is 2.58 bits per heavy atom. The molecule has 0 saturated heterocycles. The standard InChI is InChI=1S/C22H20N6O5/c1-33-22(30)15-10-14(11-17(12-15)28(31)32)21(29)25-9-5-8-19-18(13-23)20(24)27(26-19)16-6-3-2-4-7-16/h2-4,6-7,10-12H,5,8-9,24H2,1H3,(H,25,29). The third-order valence-corrected chi connectivity index (χ3v) is 4.79. The van der Waals surface area contributed by atoms with Crippen molar-refractivity contribution in [1.82, 2.24) is 15.1 Å². The number of esters is 1. The highest BCUT2D eigenvalue weighted by Crippen LogP contribution is 2.21. The molecule has 168 valence electrons. The molecule has 0 aliphatic rings. The van der Waals surface area contributed by atoms with E-state index in [0.717, 1.165) is 24.9 Å². The molecule has 33 heavy (non-hydrogen) atoms. The number of hydrogen-bond donors (Lipinski definition) is 2. The molecule has 11 heteroatoms. The van der Waals surface area contributed by atoms with Crippen LogP contribution >= 0.6 is 0 Å². The largest absolute Gasteiger partial charge is 0.465 e. The van der Waals surface area contributed by atoms with Crippen molar-refractivity contribution in [3.63, 3.8) is 0 Å². The fourth-order valence-electron chi connectivity index (χ4n) is 3.18. The van der Waals surface area contributed by atoms with E-state index in [9.17, 15) is 25.0 Å². The summed E-state index contributed by atoms with van der Waals surface area (Å²) in [6, 6.07) is 14.6. The molecule has 0 saturated carbocycles. The average molecular weight is 448 g/mol. The summed E-state index contributed by atoms with van der Waals surface area (Å²) < 4.78 is 6.07. The summed E-state index contributed by atoms with van der Waals surface area (Å²) in [5.74, 6) is -1.14. The number of nitrogens with zero attached hydrogens (tertiary/aromatic N) is 4. The van der Waals surface area contributed by atoms with Crippen LogP contribution in [0.5, 0.6) is 0 Å². The Hall–Kier alpha value is -4.72. The zero-order chi connectivity index (χ0) is 24.0. The van der Waals surface area contributed by atoms with Gasteiger partial charge in [0.2, 0.25) is 0 Å². The highest BCUT2D eigenvalue weighted by atomic mass is 16.6. The Morgan fingerprint density at radius 2 is 1.94 bits per heavy atom. The molecule has 0 atom stereocenters. The molecule has 1 amide bonds. The molecule has 2 aromatic carbocycles. The first kappa shape index (κ1) is 23.0. The number of hydrogen-bond acceptors (Lipinski definition) is 8. The summed E-state index contributed by atoms with van der Waals surface area (Å²) in [6.45, 7) is 0.206. The van der Waals surface area contributed by atoms with Crippen LogP contribution in [-0.2, 0) is 11.2 Å². The van der Waals surface area contributed by atoms with Gasteiger partial charge in [0, 0.05) is 24.2 Å². The van der Waals surface area contributed by atoms with Crippen molar-refractivity contribution in [3.05, 3.63) is 81.0 Å². The monoisotopic (exact) mass is 448 g/mol. The number of aryl methyl sites for hydroxylation is 1. The fourth-order valence-corrected chi connectivity index (χ4v) is 3.18. The van der Waals surface area contributed by atoms with Gasteiger partial charge < -0.3 is 15.8 Å². The second-order valence-electron chi connectivity index (χ2n) is 6.94. The van der Waals surface area contributed by atoms with Crippen LogP contribution in [0.15, 0.2) is 48.5 Å². The van der Waals surface area contributed by atoms with E-state index in [4.69, 9.17) is 5.73 Å². The lowest BCUT2D eigenvalue weighted by atomic mass is 10.1. The number of nitro benzene ring substituents is 1. The number of aromatic nitrogens is 2. The molecular formula is C22H20N6O5. The number of anilines is 1. The zero-order valence-electron chi connectivity index (χ0n) is 17.6. The van der Waals surface area contributed by atoms with Crippen LogP contribution in [-0.4, -0.2) is 40.2 Å². The SMILES string of the molecule is COC(=O)c1cc(C(=O)NCCCc2nn(-c3ccccc3)c(N)c2C#N)cc([N+](=O)[O-])c1. The summed E-state index contributed by atoms with van der Waals surface area (Å²) in [6.07, 6.45) is 0.806. The van der Waals surface area contributed by atoms with Gasteiger partial charge in [-0.1, -0.05) is 18.2 Å². The number of nitrogen functional groups attached to an aromatic ring is 1. The van der Waals surface area contributed by atoms with Crippen molar-refractivity contribution >= 4 is 23.4 Å². The quantitative estimate of drug-likeness (QED) is 0.229. The first-order chi connectivity index (χ1) is 15.8. The molecule has 1 heterocycles. The number of nitro groups is 1. The summed E-state index contributed by atoms with van der Waals surface area (Å²) in [5, 5.41) is 27.7. The molecule has 0 aliphatic heterocycles. The van der Waals surface area contributed by atoms with Gasteiger partial charge in [-0.15, -0.1) is 0 Å². The minimum absolute atomic E-state index is 0.0417. The second kappa shape index (κ2) is 10.1. The number of methoxy groups -OCH3 is 1. The minimum atomic E-state index is -0.789. The Morgan fingerprint density at radius 1 is 1.24 bits per heavy atom. The lowest BCUT2D eigenvalue weighted by Gasteiger charge is -2.07. The number of carbonyl (C=O) groups is 2. The van der Waals surface area contributed by atoms with Crippen molar-refractivity contribution in [2.45, 2.75) is 12.8 Å². The summed E-state index contributed by atoms with van der Waals surface area (Å²) in [7, 11) is 1.14. The van der Waals surface area contributed by atoms with Crippen molar-refractivity contribution in [2.24, 2.45) is 0 Å². The number of nitrogens with two attached hydrogens (primary N) is 1. The number of para-hydroxylation sites is 1. The van der Waals surface area contributed by atoms with Crippen molar-refractivity contribution in [3.8, 4) is 11.8 Å². The van der Waals surface area contributed by atoms with E-state index in [2.05, 4.69) is 21.2 Å². The molecule has 3 aromatic rings. The molecule has 11 nitrogen and oxygen atoms in total. The van der Waals surface area contributed by atoms with Gasteiger partial charge >= 0.3 is 5.97 Å². The number of non-ortho nitro benzene ring substituents is 1. The maximum atomic E-state index is 12.5. The molecule has 0 spiro atoms. The highest BCUT2D eigenvalue weighted by molar-refractivity contribution is 5.98. The van der Waals surface area contributed by atoms with Crippen LogP contribution in [0.3, 0.4) is 0 Å². The van der Waals surface area contributed by atoms with E-state index in [1.165, 1.54) is 10.7 Å². The molecule has 0 unspecified atom stereocenters. The number of benzene rings is 2. The minimum Gasteiger partial charge on any atom is -0.465 e. The van der Waals surface area contributed by atoms with Crippen molar-refractivity contribution < 1.29 is 19.2 Å². The average Bonchev–Trinajstić information content (AvgIpc) is 3.16. The van der Waals surface area contributed by atoms with E-state index in [1.54, 1.807) is 0 Å². The lowest BCUT2D eigenvalue weighted by Crippen LogP contribution is -2.25. The molecular weight excluding hydrogens is 428 g/mol. The van der Waals surface area contributed by atoms with Gasteiger partial charge in [0.05, 0.1) is 29.0 Å². The van der Waals surface area contributed by atoms with Gasteiger partial charge in [-0.3, -0.25) is 14.9 Å². The van der Waals surface area contributed by atoms with Gasteiger partial charge in [0.15, 0.2) is 0 Å². The van der Waals surface area contributed by atoms with E-state index >= 15 is 0 Å². The Bertz CT molecular complexity index is 1250. The van der Waals surface area contributed by atoms with Crippen LogP contribution < -0.4 is 11.1 Å². The number of carbonyl (C=O) groups excluding carboxylic acids is 2. The maximum Gasteiger partial charge on any atom is 0.338 e. The number of amides is 1. The lowest BCUT2D eigenvalue weighted by molar-refractivity contribution is -0.384. The second-order valence-corrected chi connectivity index (χ2v) is 6.94. The van der Waals surface area contributed by atoms with Crippen molar-refractivity contribution in [2.75, 3.05) is 19.4 Å². The molecule has 1 aromatic heterocycles. The van der Waals surface area contributed by atoms with Crippen LogP contribution in [0.2, 0.25) is 0 Å². The summed E-state index contributed by atoms with van der Waals surface area (Å²) in [5.41, 5.74) is 7.03. The van der Waals surface area contributed by atoms with Gasteiger partial charge in [-0.05, 0) is 31.0 Å². The van der Waals surface area contributed by atoms with Crippen LogP contribution in [0.25, 0.3) is 5.69 Å². The topological polar surface area (TPSA) is 166 Å². The number of nitriles is 1. The van der Waals surface area contributed by atoms with Crippen LogP contribution in [0, 0.1) is 21.4 Å². The summed E-state index contributed by atoms with van der Waals surface area (Å²) in [4.78, 5) is 34.7. The van der Waals surface area contributed by atoms with Gasteiger partial charge in [0.1, 0.15) is 17.5 Å². The van der Waals surface area contributed by atoms with E-state index in [1.807, 2.05) is 30.3 Å². The zero-order valence-corrected chi connectivity index (χ0v) is 17.6. The third kappa shape index (κ3) is 5.13. The van der Waals surface area contributed by atoms with Gasteiger partial charge in [-0.2, -0.15) is 10.4 Å². The number of ether oxygens (including phenoxy) is 1. The Kier molecular flexibility index (Phi) is 7.00. The molecule has 0 aliphatic carbocycles. The molecule has 0 radical (unpaired) electrons. The Labute approximate surface area is 188 Å². The first-order valence-corrected chi connectivity index (χ1v) is 9.84. The maximum absolute atomic E-state index is 12.5. The summed E-state index contributed by atoms with van der Waals surface area (Å²) >= 11 is 0.